The van der Waals surface area contributed by atoms with E-state index in [-0.39, 0.29) is 42.0 Å². The Morgan fingerprint density at radius 2 is 1.19 bits per heavy atom. The van der Waals surface area contributed by atoms with E-state index in [1.54, 1.807) is 0 Å². The van der Waals surface area contributed by atoms with Gasteiger partial charge in [-0.15, -0.1) is 0 Å². The minimum Gasteiger partial charge on any atom is -0.385 e. The average Bonchev–Trinajstić information content (AvgIpc) is 3.04. The Balaban J connectivity index is 1.61. The minimum atomic E-state index is -0.966. The molecule has 0 heterocycles. The van der Waals surface area contributed by atoms with Gasteiger partial charge in [-0.2, -0.15) is 0 Å². The average molecular weight is 362 g/mol. The third kappa shape index (κ3) is 1.77. The van der Waals surface area contributed by atoms with E-state index in [4.69, 9.17) is 0 Å². The summed E-state index contributed by atoms with van der Waals surface area (Å²) in [5.41, 5.74) is -2.39. The highest BCUT2D eigenvalue weighted by Gasteiger charge is 2.71. The van der Waals surface area contributed by atoms with Crippen LogP contribution in [-0.2, 0) is 14.4 Å². The molecule has 26 heavy (non-hydrogen) atoms. The SMILES string of the molecule is CC1(C)C2CCC1(CC(=O)CC13CCC(C(O)C1=O)C3(C)C)C(=O)C2O. The highest BCUT2D eigenvalue weighted by atomic mass is 16.3. The van der Waals surface area contributed by atoms with Crippen LogP contribution in [0.15, 0.2) is 0 Å². The molecule has 4 fully saturated rings. The maximum Gasteiger partial charge on any atom is 0.168 e. The molecule has 0 amide bonds. The van der Waals surface area contributed by atoms with Crippen LogP contribution < -0.4 is 0 Å². The summed E-state index contributed by atoms with van der Waals surface area (Å²) in [6.45, 7) is 7.96. The molecule has 4 rings (SSSR count). The standard InChI is InChI=1S/C21H30O5/c1-18(2)12-5-7-20(18,16(25)14(12)23)9-11(22)10-21-8-6-13(19(21,3)4)15(24)17(21)26/h12-15,23-24H,5-10H2,1-4H3. The Morgan fingerprint density at radius 1 is 0.846 bits per heavy atom. The van der Waals surface area contributed by atoms with Gasteiger partial charge in [0.15, 0.2) is 11.6 Å². The van der Waals surface area contributed by atoms with Crippen LogP contribution >= 0.6 is 0 Å². The molecular weight excluding hydrogens is 332 g/mol. The fraction of sp³-hybridized carbons (Fsp3) is 0.857. The number of hydrogen-bond acceptors (Lipinski definition) is 5. The second kappa shape index (κ2) is 5.05. The first-order chi connectivity index (χ1) is 11.9. The summed E-state index contributed by atoms with van der Waals surface area (Å²) in [5, 5.41) is 20.6. The number of Topliss-reactive ketones (excluding diaryl/α,β-unsaturated/α-hetero) is 3. The molecule has 5 heteroatoms. The van der Waals surface area contributed by atoms with Gasteiger partial charge < -0.3 is 10.2 Å². The predicted octanol–water partition coefficient (Wildman–Crippen LogP) is 2.07. The van der Waals surface area contributed by atoms with Gasteiger partial charge in [-0.1, -0.05) is 27.7 Å². The van der Waals surface area contributed by atoms with E-state index in [2.05, 4.69) is 0 Å². The van der Waals surface area contributed by atoms with E-state index >= 15 is 0 Å². The van der Waals surface area contributed by atoms with E-state index in [0.29, 0.717) is 12.8 Å². The van der Waals surface area contributed by atoms with Crippen LogP contribution in [0.2, 0.25) is 0 Å². The first-order valence-corrected chi connectivity index (χ1v) is 9.89. The van der Waals surface area contributed by atoms with Crippen molar-refractivity contribution < 1.29 is 24.6 Å². The van der Waals surface area contributed by atoms with E-state index < -0.39 is 33.9 Å². The monoisotopic (exact) mass is 362 g/mol. The highest BCUT2D eigenvalue weighted by molar-refractivity contribution is 6.01. The van der Waals surface area contributed by atoms with Gasteiger partial charge in [-0.25, -0.2) is 0 Å². The normalized spacial score (nSPS) is 47.8. The van der Waals surface area contributed by atoms with Crippen molar-refractivity contribution in [3.8, 4) is 0 Å². The first-order valence-electron chi connectivity index (χ1n) is 9.89. The Bertz CT molecular complexity index is 649. The molecule has 6 unspecified atom stereocenters. The third-order valence-electron chi connectivity index (χ3n) is 9.33. The van der Waals surface area contributed by atoms with Gasteiger partial charge in [-0.05, 0) is 48.3 Å². The summed E-state index contributed by atoms with van der Waals surface area (Å²) in [7, 11) is 0. The lowest BCUT2D eigenvalue weighted by Gasteiger charge is -2.39. The summed E-state index contributed by atoms with van der Waals surface area (Å²) in [6, 6.07) is 0. The Kier molecular flexibility index (Phi) is 3.55. The number of fused-ring (bicyclic) bond motifs is 4. The van der Waals surface area contributed by atoms with Gasteiger partial charge in [0.05, 0.1) is 0 Å². The zero-order chi connectivity index (χ0) is 19.3. The van der Waals surface area contributed by atoms with Gasteiger partial charge in [0, 0.05) is 23.7 Å². The van der Waals surface area contributed by atoms with Crippen LogP contribution in [0.4, 0.5) is 0 Å². The number of hydrogen-bond donors (Lipinski definition) is 2. The molecule has 4 saturated carbocycles. The van der Waals surface area contributed by atoms with E-state index in [1.807, 2.05) is 27.7 Å². The number of rotatable bonds is 4. The minimum absolute atomic E-state index is 0.0719. The quantitative estimate of drug-likeness (QED) is 0.799. The molecule has 0 spiro atoms. The van der Waals surface area contributed by atoms with Crippen LogP contribution in [0, 0.1) is 33.5 Å². The van der Waals surface area contributed by atoms with Crippen LogP contribution in [0.3, 0.4) is 0 Å². The van der Waals surface area contributed by atoms with Crippen LogP contribution in [-0.4, -0.2) is 39.8 Å². The number of carbonyl (C=O) groups is 3. The first kappa shape index (κ1) is 18.3. The Hall–Kier alpha value is -1.07. The van der Waals surface area contributed by atoms with Crippen LogP contribution in [0.25, 0.3) is 0 Å². The second-order valence-corrected chi connectivity index (χ2v) is 10.4. The second-order valence-electron chi connectivity index (χ2n) is 10.4. The molecule has 0 aromatic carbocycles. The van der Waals surface area contributed by atoms with Gasteiger partial charge in [0.2, 0.25) is 0 Å². The number of ketones is 3. The lowest BCUT2D eigenvalue weighted by Crippen LogP contribution is -2.43. The highest BCUT2D eigenvalue weighted by Crippen LogP contribution is 2.68. The summed E-state index contributed by atoms with van der Waals surface area (Å²) in [4.78, 5) is 38.7. The van der Waals surface area contributed by atoms with Crippen molar-refractivity contribution in [2.75, 3.05) is 0 Å². The largest absolute Gasteiger partial charge is 0.385 e. The molecule has 5 nitrogen and oxygen atoms in total. The molecule has 6 atom stereocenters. The fourth-order valence-electron chi connectivity index (χ4n) is 7.34. The summed E-state index contributed by atoms with van der Waals surface area (Å²) in [6.07, 6.45) is 1.10. The van der Waals surface area contributed by atoms with Gasteiger partial charge in [0.1, 0.15) is 18.0 Å². The maximum absolute atomic E-state index is 13.1. The summed E-state index contributed by atoms with van der Waals surface area (Å²) < 4.78 is 0. The third-order valence-corrected chi connectivity index (χ3v) is 9.33. The maximum atomic E-state index is 13.1. The van der Waals surface area contributed by atoms with Gasteiger partial charge >= 0.3 is 0 Å². The predicted molar refractivity (Wildman–Crippen MR) is 94.1 cm³/mol. The van der Waals surface area contributed by atoms with E-state index in [1.165, 1.54) is 0 Å². The number of aliphatic hydroxyl groups is 2. The van der Waals surface area contributed by atoms with Crippen molar-refractivity contribution in [1.29, 1.82) is 0 Å². The van der Waals surface area contributed by atoms with Gasteiger partial charge in [-0.3, -0.25) is 14.4 Å². The molecule has 4 aliphatic carbocycles. The topological polar surface area (TPSA) is 91.7 Å². The molecule has 0 aromatic rings. The van der Waals surface area contributed by atoms with Crippen molar-refractivity contribution in [3.63, 3.8) is 0 Å². The molecule has 0 saturated heterocycles. The smallest absolute Gasteiger partial charge is 0.168 e. The lowest BCUT2D eigenvalue weighted by molar-refractivity contribution is -0.144. The van der Waals surface area contributed by atoms with Crippen molar-refractivity contribution >= 4 is 17.3 Å². The molecule has 4 aliphatic rings. The van der Waals surface area contributed by atoms with Crippen molar-refractivity contribution in [1.82, 2.24) is 0 Å². The summed E-state index contributed by atoms with van der Waals surface area (Å²) in [5.74, 6) is -0.611. The molecular formula is C21H30O5. The molecule has 0 aromatic heterocycles. The van der Waals surface area contributed by atoms with Crippen molar-refractivity contribution in [3.05, 3.63) is 0 Å². The molecule has 2 N–H and O–H groups in total. The van der Waals surface area contributed by atoms with Crippen LogP contribution in [0.1, 0.15) is 66.2 Å². The van der Waals surface area contributed by atoms with Gasteiger partial charge in [0.25, 0.3) is 0 Å². The zero-order valence-electron chi connectivity index (χ0n) is 16.2. The molecule has 4 bridgehead atoms. The molecule has 0 radical (unpaired) electrons. The lowest BCUT2D eigenvalue weighted by atomic mass is 9.62. The van der Waals surface area contributed by atoms with E-state index in [0.717, 1.165) is 12.8 Å². The summed E-state index contributed by atoms with van der Waals surface area (Å²) >= 11 is 0. The van der Waals surface area contributed by atoms with E-state index in [9.17, 15) is 24.6 Å². The fourth-order valence-corrected chi connectivity index (χ4v) is 7.34. The molecule has 0 aliphatic heterocycles. The van der Waals surface area contributed by atoms with Crippen molar-refractivity contribution in [2.45, 2.75) is 78.4 Å². The van der Waals surface area contributed by atoms with Crippen LogP contribution in [0.5, 0.6) is 0 Å². The number of aliphatic hydroxyl groups excluding tert-OH is 2. The van der Waals surface area contributed by atoms with Crippen molar-refractivity contribution in [2.24, 2.45) is 33.5 Å². The Labute approximate surface area is 154 Å². The molecule has 144 valence electrons. The zero-order valence-corrected chi connectivity index (χ0v) is 16.2. The Morgan fingerprint density at radius 3 is 1.46 bits per heavy atom. The number of carbonyl (C=O) groups excluding carboxylic acids is 3.